The number of pyridine rings is 1. The highest BCUT2D eigenvalue weighted by Crippen LogP contribution is 2.32. The lowest BCUT2D eigenvalue weighted by Gasteiger charge is -2.44. The monoisotopic (exact) mass is 664 g/mol. The van der Waals surface area contributed by atoms with Gasteiger partial charge in [-0.2, -0.15) is 12.7 Å². The van der Waals surface area contributed by atoms with E-state index in [1.54, 1.807) is 43.6 Å². The van der Waals surface area contributed by atoms with Gasteiger partial charge in [0.25, 0.3) is 16.0 Å². The molecule has 2 fully saturated rings. The van der Waals surface area contributed by atoms with Gasteiger partial charge in [0.05, 0.1) is 17.8 Å². The first-order chi connectivity index (χ1) is 20.9. The van der Waals surface area contributed by atoms with Crippen molar-refractivity contribution in [3.63, 3.8) is 0 Å². The Labute approximate surface area is 261 Å². The number of aromatic nitrogens is 1. The molecule has 2 aromatic carbocycles. The summed E-state index contributed by atoms with van der Waals surface area (Å²) in [6.45, 7) is 2.54. The first-order valence-electron chi connectivity index (χ1n) is 14.1. The Hall–Kier alpha value is -3.30. The van der Waals surface area contributed by atoms with E-state index < -0.39 is 50.8 Å². The molecule has 0 N–H and O–H groups in total. The Morgan fingerprint density at radius 1 is 1.00 bits per heavy atom. The molecule has 2 aliphatic heterocycles. The molecule has 3 aromatic rings. The molecule has 1 unspecified atom stereocenters. The first kappa shape index (κ1) is 32.1. The lowest BCUT2D eigenvalue weighted by molar-refractivity contribution is -0.167. The van der Waals surface area contributed by atoms with Crippen LogP contribution in [0.3, 0.4) is 0 Å². The molecule has 15 heteroatoms. The normalized spacial score (nSPS) is 20.7. The summed E-state index contributed by atoms with van der Waals surface area (Å²) in [5.74, 6) is -1.78. The number of anilines is 1. The molecule has 5 rings (SSSR count). The molecule has 0 spiro atoms. The second-order valence-electron chi connectivity index (χ2n) is 10.8. The molecule has 2 saturated heterocycles. The number of piperazine rings is 1. The third-order valence-electron chi connectivity index (χ3n) is 7.79. The Morgan fingerprint density at radius 3 is 2.32 bits per heavy atom. The predicted octanol–water partition coefficient (Wildman–Crippen LogP) is 2.87. The van der Waals surface area contributed by atoms with Crippen molar-refractivity contribution >= 4 is 60.1 Å². The van der Waals surface area contributed by atoms with Crippen LogP contribution in [0.5, 0.6) is 0 Å². The maximum Gasteiger partial charge on any atom is 0.330 e. The molecule has 236 valence electrons. The Bertz CT molecular complexity index is 1750. The summed E-state index contributed by atoms with van der Waals surface area (Å²) in [7, 11) is -8.86. The maximum absolute atomic E-state index is 14.0. The van der Waals surface area contributed by atoms with E-state index in [1.807, 2.05) is 12.1 Å². The number of rotatable bonds is 9. The van der Waals surface area contributed by atoms with Crippen LogP contribution < -0.4 is 4.90 Å². The molecule has 0 aliphatic carbocycles. The van der Waals surface area contributed by atoms with Crippen LogP contribution >= 0.6 is 11.6 Å². The highest BCUT2D eigenvalue weighted by molar-refractivity contribution is 7.89. The SMILES string of the molecule is CCOC(=O)[C@@H]1CN(S(=O)(=O)c2ccc3cc(Cl)ccc3c2)C(OS(C)(=O)=O)C(=O)N1CC1CCN(c2ccncc2)CC1. The lowest BCUT2D eigenvalue weighted by atomic mass is 9.94. The third-order valence-corrected chi connectivity index (χ3v) is 10.4. The smallest absolute Gasteiger partial charge is 0.330 e. The van der Waals surface area contributed by atoms with Gasteiger partial charge in [0.2, 0.25) is 16.3 Å². The van der Waals surface area contributed by atoms with Gasteiger partial charge < -0.3 is 14.5 Å². The highest BCUT2D eigenvalue weighted by Gasteiger charge is 2.51. The number of ether oxygens (including phenoxy) is 1. The van der Waals surface area contributed by atoms with Crippen molar-refractivity contribution in [1.82, 2.24) is 14.2 Å². The molecule has 0 bridgehead atoms. The number of nitrogens with zero attached hydrogens (tertiary/aromatic N) is 4. The van der Waals surface area contributed by atoms with E-state index in [4.69, 9.17) is 20.5 Å². The standard InChI is InChI=1S/C29H33ClN4O8S2/c1-3-41-29(36)26-19-34(44(39,40)25-7-5-21-16-23(30)6-4-22(21)17-25)28(42-43(2,37)38)27(35)33(26)18-20-10-14-32(15-11-20)24-8-12-31-13-9-24/h4-9,12-13,16-17,20,26,28H,3,10-11,14-15,18-19H2,1-2H3/t26-,28?/m0/s1. The minimum atomic E-state index is -4.55. The van der Waals surface area contributed by atoms with Crippen LogP contribution in [0, 0.1) is 5.92 Å². The summed E-state index contributed by atoms with van der Waals surface area (Å²) in [6.07, 6.45) is 3.49. The number of benzene rings is 2. The molecule has 0 saturated carbocycles. The van der Waals surface area contributed by atoms with E-state index >= 15 is 0 Å². The van der Waals surface area contributed by atoms with Gasteiger partial charge in [-0.3, -0.25) is 9.78 Å². The minimum Gasteiger partial charge on any atom is -0.464 e. The number of halogens is 1. The largest absolute Gasteiger partial charge is 0.464 e. The number of hydrogen-bond acceptors (Lipinski definition) is 10. The third kappa shape index (κ3) is 6.99. The summed E-state index contributed by atoms with van der Waals surface area (Å²) in [6, 6.07) is 11.7. The number of piperidine rings is 1. The van der Waals surface area contributed by atoms with E-state index in [1.165, 1.54) is 17.0 Å². The second kappa shape index (κ2) is 13.0. The molecule has 2 atom stereocenters. The van der Waals surface area contributed by atoms with Crippen molar-refractivity contribution in [3.05, 3.63) is 65.9 Å². The van der Waals surface area contributed by atoms with Gasteiger partial charge in [-0.25, -0.2) is 17.4 Å². The van der Waals surface area contributed by atoms with Crippen molar-refractivity contribution in [3.8, 4) is 0 Å². The van der Waals surface area contributed by atoms with E-state index in [0.29, 0.717) is 46.0 Å². The molecule has 12 nitrogen and oxygen atoms in total. The predicted molar refractivity (Wildman–Crippen MR) is 164 cm³/mol. The van der Waals surface area contributed by atoms with Crippen LogP contribution in [0.1, 0.15) is 19.8 Å². The van der Waals surface area contributed by atoms with Crippen molar-refractivity contribution < 1.29 is 35.3 Å². The van der Waals surface area contributed by atoms with Crippen molar-refractivity contribution in [2.45, 2.75) is 36.9 Å². The average Bonchev–Trinajstić information content (AvgIpc) is 2.99. The summed E-state index contributed by atoms with van der Waals surface area (Å²) < 4.78 is 63.7. The molecular formula is C29H33ClN4O8S2. The molecular weight excluding hydrogens is 632 g/mol. The number of carbonyl (C=O) groups excluding carboxylic acids is 2. The first-order valence-corrected chi connectivity index (χ1v) is 17.7. The molecule has 1 amide bonds. The molecule has 0 radical (unpaired) electrons. The van der Waals surface area contributed by atoms with Gasteiger partial charge in [0.1, 0.15) is 6.04 Å². The number of fused-ring (bicyclic) bond motifs is 1. The van der Waals surface area contributed by atoms with E-state index in [2.05, 4.69) is 9.88 Å². The number of esters is 1. The Balaban J connectivity index is 1.46. The molecule has 1 aromatic heterocycles. The Kier molecular flexibility index (Phi) is 9.47. The van der Waals surface area contributed by atoms with Crippen LogP contribution in [-0.4, -0.2) is 94.2 Å². The fourth-order valence-electron chi connectivity index (χ4n) is 5.62. The Morgan fingerprint density at radius 2 is 1.66 bits per heavy atom. The quantitative estimate of drug-likeness (QED) is 0.247. The van der Waals surface area contributed by atoms with Crippen molar-refractivity contribution in [2.75, 3.05) is 43.9 Å². The van der Waals surface area contributed by atoms with Gasteiger partial charge in [-0.15, -0.1) is 0 Å². The fraction of sp³-hybridized carbons (Fsp3) is 0.414. The van der Waals surface area contributed by atoms with Crippen LogP contribution in [0.25, 0.3) is 10.8 Å². The van der Waals surface area contributed by atoms with Gasteiger partial charge >= 0.3 is 5.97 Å². The van der Waals surface area contributed by atoms with Gasteiger partial charge in [0.15, 0.2) is 0 Å². The minimum absolute atomic E-state index is 0.00490. The number of amides is 1. The topological polar surface area (TPSA) is 143 Å². The fourth-order valence-corrected chi connectivity index (χ4v) is 7.88. The van der Waals surface area contributed by atoms with Crippen LogP contribution in [-0.2, 0) is 38.7 Å². The van der Waals surface area contributed by atoms with Gasteiger partial charge in [0, 0.05) is 49.3 Å². The number of carbonyl (C=O) groups is 2. The summed E-state index contributed by atoms with van der Waals surface area (Å²) in [5.41, 5.74) is 1.02. The van der Waals surface area contributed by atoms with E-state index in [0.717, 1.165) is 11.9 Å². The van der Waals surface area contributed by atoms with Crippen LogP contribution in [0.2, 0.25) is 5.02 Å². The second-order valence-corrected chi connectivity index (χ2v) is 14.7. The molecule has 3 heterocycles. The van der Waals surface area contributed by atoms with Gasteiger partial charge in [-0.1, -0.05) is 23.7 Å². The summed E-state index contributed by atoms with van der Waals surface area (Å²) >= 11 is 6.07. The van der Waals surface area contributed by atoms with Crippen molar-refractivity contribution in [2.24, 2.45) is 5.92 Å². The van der Waals surface area contributed by atoms with Gasteiger partial charge in [-0.05, 0) is 72.9 Å². The van der Waals surface area contributed by atoms with Crippen LogP contribution in [0.4, 0.5) is 5.69 Å². The van der Waals surface area contributed by atoms with E-state index in [9.17, 15) is 26.4 Å². The number of hydrogen-bond donors (Lipinski definition) is 0. The molecule has 44 heavy (non-hydrogen) atoms. The van der Waals surface area contributed by atoms with E-state index in [-0.39, 0.29) is 24.0 Å². The zero-order chi connectivity index (χ0) is 31.6. The lowest BCUT2D eigenvalue weighted by Crippen LogP contribution is -2.66. The summed E-state index contributed by atoms with van der Waals surface area (Å²) in [4.78, 5) is 34.5. The zero-order valence-corrected chi connectivity index (χ0v) is 26.6. The average molecular weight is 665 g/mol. The maximum atomic E-state index is 14.0. The van der Waals surface area contributed by atoms with Crippen LogP contribution in [0.15, 0.2) is 65.8 Å². The number of sulfonamides is 1. The molecule has 2 aliphatic rings. The summed E-state index contributed by atoms with van der Waals surface area (Å²) in [5, 5.41) is 1.71. The zero-order valence-electron chi connectivity index (χ0n) is 24.2. The van der Waals surface area contributed by atoms with Crippen molar-refractivity contribution in [1.29, 1.82) is 0 Å². The highest BCUT2D eigenvalue weighted by atomic mass is 35.5.